The van der Waals surface area contributed by atoms with Gasteiger partial charge in [-0.25, -0.2) is 8.42 Å². The van der Waals surface area contributed by atoms with E-state index >= 15 is 0 Å². The zero-order chi connectivity index (χ0) is 17.9. The molecule has 0 radical (unpaired) electrons. The summed E-state index contributed by atoms with van der Waals surface area (Å²) in [5.74, 6) is 0.155. The van der Waals surface area contributed by atoms with Gasteiger partial charge in [-0.05, 0) is 31.9 Å². The van der Waals surface area contributed by atoms with Crippen molar-refractivity contribution in [3.8, 4) is 0 Å². The molecule has 130 valence electrons. The molecule has 8 heteroatoms. The van der Waals surface area contributed by atoms with Gasteiger partial charge in [0.25, 0.3) is 15.9 Å². The number of amides is 1. The van der Waals surface area contributed by atoms with Crippen LogP contribution in [0.15, 0.2) is 33.7 Å². The summed E-state index contributed by atoms with van der Waals surface area (Å²) in [5.41, 5.74) is 0.731. The first-order chi connectivity index (χ1) is 11.2. The first-order valence-electron chi connectivity index (χ1n) is 7.55. The molecule has 1 heterocycles. The minimum absolute atomic E-state index is 0.0140. The van der Waals surface area contributed by atoms with Gasteiger partial charge in [0.2, 0.25) is 0 Å². The maximum absolute atomic E-state index is 12.6. The lowest BCUT2D eigenvalue weighted by Gasteiger charge is -2.13. The highest BCUT2D eigenvalue weighted by Crippen LogP contribution is 2.24. The maximum Gasteiger partial charge on any atom is 0.267 e. The monoisotopic (exact) mass is 351 g/mol. The first-order valence-corrected chi connectivity index (χ1v) is 9.03. The van der Waals surface area contributed by atoms with Crippen LogP contribution in [-0.4, -0.2) is 26.0 Å². The second-order valence-corrected chi connectivity index (χ2v) is 7.53. The Labute approximate surface area is 141 Å². The Kier molecular flexibility index (Phi) is 5.28. The molecule has 0 fully saturated rings. The van der Waals surface area contributed by atoms with Crippen molar-refractivity contribution < 1.29 is 17.7 Å². The number of nitrogens with zero attached hydrogens (tertiary/aromatic N) is 1. The fourth-order valence-corrected chi connectivity index (χ4v) is 3.63. The van der Waals surface area contributed by atoms with E-state index in [4.69, 9.17) is 4.52 Å². The van der Waals surface area contributed by atoms with Crippen LogP contribution in [0.3, 0.4) is 0 Å². The number of sulfonamides is 1. The number of para-hydroxylation sites is 1. The predicted molar refractivity (Wildman–Crippen MR) is 90.4 cm³/mol. The first kappa shape index (κ1) is 18.0. The molecule has 0 unspecified atom stereocenters. The Morgan fingerprint density at radius 3 is 2.50 bits per heavy atom. The fourth-order valence-electron chi connectivity index (χ4n) is 2.22. The molecule has 2 rings (SSSR count). The van der Waals surface area contributed by atoms with Crippen molar-refractivity contribution in [1.82, 2.24) is 10.5 Å². The molecule has 1 amide bonds. The van der Waals surface area contributed by atoms with E-state index in [1.165, 1.54) is 6.92 Å². The molecular formula is C16H21N3O4S. The molecule has 7 nitrogen and oxygen atoms in total. The Balaban J connectivity index is 2.32. The van der Waals surface area contributed by atoms with Crippen LogP contribution >= 0.6 is 0 Å². The van der Waals surface area contributed by atoms with E-state index in [1.807, 2.05) is 13.8 Å². The molecule has 0 bridgehead atoms. The number of carbonyl (C=O) groups is 1. The zero-order valence-corrected chi connectivity index (χ0v) is 14.9. The summed E-state index contributed by atoms with van der Waals surface area (Å²) in [6, 6.07) is 6.45. The summed E-state index contributed by atoms with van der Waals surface area (Å²) >= 11 is 0. The van der Waals surface area contributed by atoms with E-state index in [2.05, 4.69) is 15.2 Å². The number of aromatic nitrogens is 1. The lowest BCUT2D eigenvalue weighted by atomic mass is 10.1. The topological polar surface area (TPSA) is 101 Å². The van der Waals surface area contributed by atoms with E-state index < -0.39 is 10.0 Å². The number of hydrogen-bond acceptors (Lipinski definition) is 5. The van der Waals surface area contributed by atoms with E-state index in [-0.39, 0.29) is 33.5 Å². The number of rotatable bonds is 6. The third-order valence-corrected chi connectivity index (χ3v) is 4.93. The van der Waals surface area contributed by atoms with Crippen molar-refractivity contribution in [3.63, 3.8) is 0 Å². The van der Waals surface area contributed by atoms with Crippen molar-refractivity contribution in [2.24, 2.45) is 5.92 Å². The van der Waals surface area contributed by atoms with Crippen LogP contribution in [0.5, 0.6) is 0 Å². The molecule has 1 aromatic heterocycles. The average molecular weight is 351 g/mol. The van der Waals surface area contributed by atoms with Gasteiger partial charge in [-0.3, -0.25) is 9.52 Å². The van der Waals surface area contributed by atoms with Gasteiger partial charge in [0.1, 0.15) is 5.69 Å². The highest BCUT2D eigenvalue weighted by Gasteiger charge is 2.25. The van der Waals surface area contributed by atoms with Crippen LogP contribution < -0.4 is 10.0 Å². The molecule has 2 N–H and O–H groups in total. The van der Waals surface area contributed by atoms with Crippen molar-refractivity contribution in [3.05, 3.63) is 41.3 Å². The Bertz CT molecular complexity index is 821. The maximum atomic E-state index is 12.6. The van der Waals surface area contributed by atoms with Crippen LogP contribution in [0, 0.1) is 19.8 Å². The minimum atomic E-state index is -3.90. The number of aryl methyl sites for hydroxylation is 2. The summed E-state index contributed by atoms with van der Waals surface area (Å²) in [7, 11) is -3.90. The van der Waals surface area contributed by atoms with Crippen LogP contribution in [0.4, 0.5) is 5.69 Å². The molecule has 2 aromatic rings. The van der Waals surface area contributed by atoms with Crippen LogP contribution in [0.1, 0.15) is 35.7 Å². The Morgan fingerprint density at radius 1 is 1.25 bits per heavy atom. The van der Waals surface area contributed by atoms with E-state index in [0.29, 0.717) is 12.5 Å². The Hall–Kier alpha value is -2.35. The third kappa shape index (κ3) is 3.94. The van der Waals surface area contributed by atoms with Gasteiger partial charge in [-0.15, -0.1) is 0 Å². The average Bonchev–Trinajstić information content (AvgIpc) is 2.84. The van der Waals surface area contributed by atoms with Gasteiger partial charge in [-0.2, -0.15) is 0 Å². The summed E-state index contributed by atoms with van der Waals surface area (Å²) < 4.78 is 32.6. The zero-order valence-electron chi connectivity index (χ0n) is 14.1. The van der Waals surface area contributed by atoms with Crippen molar-refractivity contribution in [2.75, 3.05) is 11.3 Å². The Morgan fingerprint density at radius 2 is 1.92 bits per heavy atom. The SMILES string of the molecule is Cc1noc(C)c1S(=O)(=O)Nc1ccccc1C(=O)NCC(C)C. The van der Waals surface area contributed by atoms with Gasteiger partial charge in [0, 0.05) is 6.54 Å². The minimum Gasteiger partial charge on any atom is -0.360 e. The second-order valence-electron chi connectivity index (χ2n) is 5.91. The number of hydrogen-bond donors (Lipinski definition) is 2. The normalized spacial score (nSPS) is 11.5. The van der Waals surface area contributed by atoms with E-state index in [9.17, 15) is 13.2 Å². The summed E-state index contributed by atoms with van der Waals surface area (Å²) in [5, 5.41) is 6.43. The fraction of sp³-hybridized carbons (Fsp3) is 0.375. The number of benzene rings is 1. The van der Waals surface area contributed by atoms with Crippen LogP contribution in [-0.2, 0) is 10.0 Å². The molecule has 0 aliphatic heterocycles. The highest BCUT2D eigenvalue weighted by atomic mass is 32.2. The van der Waals surface area contributed by atoms with Crippen LogP contribution in [0.2, 0.25) is 0 Å². The number of anilines is 1. The molecule has 0 aliphatic carbocycles. The summed E-state index contributed by atoms with van der Waals surface area (Å²) in [6.07, 6.45) is 0. The van der Waals surface area contributed by atoms with Gasteiger partial charge in [0.05, 0.1) is 11.3 Å². The summed E-state index contributed by atoms with van der Waals surface area (Å²) in [6.45, 7) is 7.53. The predicted octanol–water partition coefficient (Wildman–Crippen LogP) is 2.48. The number of carbonyl (C=O) groups excluding carboxylic acids is 1. The summed E-state index contributed by atoms with van der Waals surface area (Å²) in [4.78, 5) is 12.3. The van der Waals surface area contributed by atoms with E-state index in [1.54, 1.807) is 31.2 Å². The highest BCUT2D eigenvalue weighted by molar-refractivity contribution is 7.92. The molecule has 24 heavy (non-hydrogen) atoms. The molecule has 0 spiro atoms. The second kappa shape index (κ2) is 7.04. The van der Waals surface area contributed by atoms with Gasteiger partial charge >= 0.3 is 0 Å². The van der Waals surface area contributed by atoms with Crippen molar-refractivity contribution in [2.45, 2.75) is 32.6 Å². The van der Waals surface area contributed by atoms with Gasteiger partial charge in [0.15, 0.2) is 10.7 Å². The third-order valence-electron chi connectivity index (χ3n) is 3.32. The number of nitrogens with one attached hydrogen (secondary N) is 2. The quantitative estimate of drug-likeness (QED) is 0.832. The largest absolute Gasteiger partial charge is 0.360 e. The van der Waals surface area contributed by atoms with Crippen molar-refractivity contribution >= 4 is 21.6 Å². The molecule has 0 saturated heterocycles. The van der Waals surface area contributed by atoms with Gasteiger partial charge in [-0.1, -0.05) is 31.1 Å². The molecule has 1 aromatic carbocycles. The molecule has 0 aliphatic rings. The lowest BCUT2D eigenvalue weighted by molar-refractivity contribution is 0.0950. The van der Waals surface area contributed by atoms with E-state index in [0.717, 1.165) is 0 Å². The smallest absolute Gasteiger partial charge is 0.267 e. The van der Waals surface area contributed by atoms with Gasteiger partial charge < -0.3 is 9.84 Å². The van der Waals surface area contributed by atoms with Crippen molar-refractivity contribution in [1.29, 1.82) is 0 Å². The molecule has 0 saturated carbocycles. The molecular weight excluding hydrogens is 330 g/mol. The standard InChI is InChI=1S/C16H21N3O4S/c1-10(2)9-17-16(20)13-7-5-6-8-14(13)19-24(21,22)15-11(3)18-23-12(15)4/h5-8,10,19H,9H2,1-4H3,(H,17,20). The lowest BCUT2D eigenvalue weighted by Crippen LogP contribution is -2.28. The van der Waals surface area contributed by atoms with Crippen LogP contribution in [0.25, 0.3) is 0 Å². The molecule has 0 atom stereocenters.